The summed E-state index contributed by atoms with van der Waals surface area (Å²) in [5.41, 5.74) is -0.280. The standard InChI is InChI=1S/C12H18O2/c1-10-5-3-6-11(7-4-8-13)12(10,2)9-14/h3,6,8-11H,4-5,7H2,1-2H3/t10-,11+,12+/m1/s1. The van der Waals surface area contributed by atoms with Gasteiger partial charge in [-0.15, -0.1) is 0 Å². The summed E-state index contributed by atoms with van der Waals surface area (Å²) in [4.78, 5) is 21.5. The van der Waals surface area contributed by atoms with Crippen LogP contribution in [0.2, 0.25) is 0 Å². The van der Waals surface area contributed by atoms with Gasteiger partial charge < -0.3 is 9.59 Å². The molecular weight excluding hydrogens is 176 g/mol. The number of aldehydes is 2. The fourth-order valence-electron chi connectivity index (χ4n) is 2.13. The van der Waals surface area contributed by atoms with E-state index in [2.05, 4.69) is 19.1 Å². The Kier molecular flexibility index (Phi) is 3.62. The fourth-order valence-corrected chi connectivity index (χ4v) is 2.13. The minimum Gasteiger partial charge on any atom is -0.303 e. The van der Waals surface area contributed by atoms with Crippen LogP contribution in [0.25, 0.3) is 0 Å². The molecule has 0 heterocycles. The second kappa shape index (κ2) is 4.54. The Hall–Kier alpha value is -0.920. The van der Waals surface area contributed by atoms with Crippen molar-refractivity contribution in [3.63, 3.8) is 0 Å². The number of hydrogen-bond acceptors (Lipinski definition) is 2. The molecule has 0 fully saturated rings. The Labute approximate surface area is 85.4 Å². The summed E-state index contributed by atoms with van der Waals surface area (Å²) in [7, 11) is 0. The van der Waals surface area contributed by atoms with Gasteiger partial charge in [0, 0.05) is 11.8 Å². The minimum absolute atomic E-state index is 0.231. The Morgan fingerprint density at radius 3 is 2.79 bits per heavy atom. The van der Waals surface area contributed by atoms with Gasteiger partial charge in [-0.05, 0) is 24.7 Å². The number of carbonyl (C=O) groups is 2. The number of hydrogen-bond donors (Lipinski definition) is 0. The molecule has 2 nitrogen and oxygen atoms in total. The lowest BCUT2D eigenvalue weighted by atomic mass is 9.64. The first-order chi connectivity index (χ1) is 6.65. The van der Waals surface area contributed by atoms with Gasteiger partial charge in [-0.25, -0.2) is 0 Å². The van der Waals surface area contributed by atoms with Crippen LogP contribution in [0.1, 0.15) is 33.1 Å². The van der Waals surface area contributed by atoms with E-state index < -0.39 is 0 Å². The van der Waals surface area contributed by atoms with Crippen molar-refractivity contribution < 1.29 is 9.59 Å². The zero-order valence-electron chi connectivity index (χ0n) is 8.90. The third-order valence-corrected chi connectivity index (χ3v) is 3.57. The first-order valence-electron chi connectivity index (χ1n) is 5.21. The van der Waals surface area contributed by atoms with Crippen LogP contribution in [-0.2, 0) is 9.59 Å². The molecule has 0 amide bonds. The van der Waals surface area contributed by atoms with Gasteiger partial charge in [-0.2, -0.15) is 0 Å². The van der Waals surface area contributed by atoms with Crippen molar-refractivity contribution in [2.45, 2.75) is 33.1 Å². The van der Waals surface area contributed by atoms with Crippen molar-refractivity contribution in [3.05, 3.63) is 12.2 Å². The topological polar surface area (TPSA) is 34.1 Å². The number of rotatable bonds is 4. The average molecular weight is 194 g/mol. The first kappa shape index (κ1) is 11.2. The molecule has 3 atom stereocenters. The van der Waals surface area contributed by atoms with Crippen LogP contribution in [0.5, 0.6) is 0 Å². The molecule has 1 aliphatic rings. The van der Waals surface area contributed by atoms with Crippen LogP contribution in [0, 0.1) is 17.3 Å². The summed E-state index contributed by atoms with van der Waals surface area (Å²) in [5, 5.41) is 0. The highest BCUT2D eigenvalue weighted by atomic mass is 16.1. The molecule has 2 heteroatoms. The largest absolute Gasteiger partial charge is 0.303 e. The van der Waals surface area contributed by atoms with E-state index in [1.54, 1.807) is 0 Å². The third-order valence-electron chi connectivity index (χ3n) is 3.57. The maximum absolute atomic E-state index is 11.1. The van der Waals surface area contributed by atoms with Gasteiger partial charge in [-0.3, -0.25) is 0 Å². The predicted molar refractivity (Wildman–Crippen MR) is 55.9 cm³/mol. The fraction of sp³-hybridized carbons (Fsp3) is 0.667. The smallest absolute Gasteiger partial charge is 0.126 e. The van der Waals surface area contributed by atoms with Crippen molar-refractivity contribution in [1.29, 1.82) is 0 Å². The number of carbonyl (C=O) groups excluding carboxylic acids is 2. The van der Waals surface area contributed by atoms with Crippen LogP contribution in [0.4, 0.5) is 0 Å². The van der Waals surface area contributed by atoms with E-state index in [0.29, 0.717) is 12.3 Å². The molecule has 1 aliphatic carbocycles. The van der Waals surface area contributed by atoms with E-state index >= 15 is 0 Å². The number of allylic oxidation sites excluding steroid dienone is 2. The van der Waals surface area contributed by atoms with E-state index in [4.69, 9.17) is 0 Å². The second-order valence-corrected chi connectivity index (χ2v) is 4.40. The zero-order chi connectivity index (χ0) is 10.6. The molecule has 1 rings (SSSR count). The van der Waals surface area contributed by atoms with Crippen LogP contribution in [0.15, 0.2) is 12.2 Å². The lowest BCUT2D eigenvalue weighted by Crippen LogP contribution is -2.36. The monoisotopic (exact) mass is 194 g/mol. The van der Waals surface area contributed by atoms with Crippen molar-refractivity contribution >= 4 is 12.6 Å². The molecule has 0 unspecified atom stereocenters. The highest BCUT2D eigenvalue weighted by molar-refractivity contribution is 5.61. The Balaban J connectivity index is 2.78. The van der Waals surface area contributed by atoms with Gasteiger partial charge in [0.05, 0.1) is 0 Å². The van der Waals surface area contributed by atoms with Gasteiger partial charge in [-0.1, -0.05) is 26.0 Å². The molecule has 0 aromatic rings. The molecule has 0 aromatic heterocycles. The van der Waals surface area contributed by atoms with Gasteiger partial charge in [0.25, 0.3) is 0 Å². The highest BCUT2D eigenvalue weighted by Crippen LogP contribution is 2.42. The molecule has 0 radical (unpaired) electrons. The van der Waals surface area contributed by atoms with E-state index in [1.807, 2.05) is 6.92 Å². The Morgan fingerprint density at radius 2 is 2.21 bits per heavy atom. The van der Waals surface area contributed by atoms with Crippen LogP contribution >= 0.6 is 0 Å². The molecule has 0 aliphatic heterocycles. The minimum atomic E-state index is -0.280. The summed E-state index contributed by atoms with van der Waals surface area (Å²) in [6.45, 7) is 4.11. The maximum atomic E-state index is 11.1. The summed E-state index contributed by atoms with van der Waals surface area (Å²) in [5.74, 6) is 0.607. The summed E-state index contributed by atoms with van der Waals surface area (Å²) in [6.07, 6.45) is 8.52. The Morgan fingerprint density at radius 1 is 1.50 bits per heavy atom. The lowest BCUT2D eigenvalue weighted by Gasteiger charge is -2.39. The summed E-state index contributed by atoms with van der Waals surface area (Å²) in [6, 6.07) is 0. The van der Waals surface area contributed by atoms with Crippen LogP contribution < -0.4 is 0 Å². The average Bonchev–Trinajstić information content (AvgIpc) is 2.20. The maximum Gasteiger partial charge on any atom is 0.126 e. The normalized spacial score (nSPS) is 36.7. The van der Waals surface area contributed by atoms with Crippen molar-refractivity contribution in [3.8, 4) is 0 Å². The van der Waals surface area contributed by atoms with Crippen LogP contribution in [0.3, 0.4) is 0 Å². The SMILES string of the molecule is C[C@@H]1CC=C[C@@H](CCC=O)[C@@]1(C)C=O. The quantitative estimate of drug-likeness (QED) is 0.508. The summed E-state index contributed by atoms with van der Waals surface area (Å²) < 4.78 is 0. The molecule has 14 heavy (non-hydrogen) atoms. The van der Waals surface area contributed by atoms with Gasteiger partial charge in [0.1, 0.15) is 12.6 Å². The first-order valence-corrected chi connectivity index (χ1v) is 5.21. The third kappa shape index (κ3) is 1.94. The molecule has 0 saturated heterocycles. The van der Waals surface area contributed by atoms with Gasteiger partial charge in [0.15, 0.2) is 0 Å². The second-order valence-electron chi connectivity index (χ2n) is 4.40. The molecule has 0 spiro atoms. The van der Waals surface area contributed by atoms with Crippen LogP contribution in [-0.4, -0.2) is 12.6 Å². The van der Waals surface area contributed by atoms with E-state index in [1.165, 1.54) is 0 Å². The predicted octanol–water partition coefficient (Wildman–Crippen LogP) is 2.38. The highest BCUT2D eigenvalue weighted by Gasteiger charge is 2.38. The lowest BCUT2D eigenvalue weighted by molar-refractivity contribution is -0.121. The van der Waals surface area contributed by atoms with E-state index in [0.717, 1.165) is 25.4 Å². The summed E-state index contributed by atoms with van der Waals surface area (Å²) >= 11 is 0. The molecule has 78 valence electrons. The van der Waals surface area contributed by atoms with Crippen molar-refractivity contribution in [2.24, 2.45) is 17.3 Å². The van der Waals surface area contributed by atoms with Gasteiger partial charge >= 0.3 is 0 Å². The Bertz CT molecular complexity index is 245. The van der Waals surface area contributed by atoms with E-state index in [-0.39, 0.29) is 11.3 Å². The zero-order valence-corrected chi connectivity index (χ0v) is 8.90. The van der Waals surface area contributed by atoms with Gasteiger partial charge in [0.2, 0.25) is 0 Å². The molecule has 0 N–H and O–H groups in total. The van der Waals surface area contributed by atoms with Crippen molar-refractivity contribution in [2.75, 3.05) is 0 Å². The molecule has 0 saturated carbocycles. The van der Waals surface area contributed by atoms with Crippen molar-refractivity contribution in [1.82, 2.24) is 0 Å². The molecule has 0 bridgehead atoms. The molecular formula is C12H18O2. The van der Waals surface area contributed by atoms with E-state index in [9.17, 15) is 9.59 Å². The molecule has 0 aromatic carbocycles.